The predicted molar refractivity (Wildman–Crippen MR) is 63.7 cm³/mol. The molecule has 1 aliphatic carbocycles. The Hall–Kier alpha value is -1.45. The average molecular weight is 234 g/mol. The average Bonchev–Trinajstić information content (AvgIpc) is 2.75. The topological polar surface area (TPSA) is 52.0 Å². The van der Waals surface area contributed by atoms with Gasteiger partial charge in [-0.1, -0.05) is 13.3 Å². The molecule has 0 saturated heterocycles. The van der Waals surface area contributed by atoms with Crippen LogP contribution >= 0.6 is 0 Å². The number of nitrogens with zero attached hydrogens (tertiary/aromatic N) is 2. The van der Waals surface area contributed by atoms with Crippen LogP contribution < -0.4 is 0 Å². The molecule has 0 aliphatic heterocycles. The van der Waals surface area contributed by atoms with Gasteiger partial charge in [0.05, 0.1) is 5.92 Å². The molecule has 2 rings (SSSR count). The Morgan fingerprint density at radius 3 is 2.94 bits per heavy atom. The lowest BCUT2D eigenvalue weighted by Gasteiger charge is -2.26. The van der Waals surface area contributed by atoms with Gasteiger partial charge in [0.2, 0.25) is 5.78 Å². The lowest BCUT2D eigenvalue weighted by atomic mass is 9.77. The first-order valence-corrected chi connectivity index (χ1v) is 6.17. The van der Waals surface area contributed by atoms with Crippen LogP contribution in [0.2, 0.25) is 0 Å². The second-order valence-electron chi connectivity index (χ2n) is 4.79. The number of hydrogen-bond acceptors (Lipinski definition) is 3. The minimum Gasteiger partial charge on any atom is -0.332 e. The van der Waals surface area contributed by atoms with Crippen molar-refractivity contribution in [1.29, 1.82) is 0 Å². The van der Waals surface area contributed by atoms with Crippen molar-refractivity contribution in [3.63, 3.8) is 0 Å². The molecule has 1 aromatic heterocycles. The maximum absolute atomic E-state index is 12.2. The molecule has 0 aromatic carbocycles. The summed E-state index contributed by atoms with van der Waals surface area (Å²) in [5.41, 5.74) is 0. The van der Waals surface area contributed by atoms with Gasteiger partial charge in [-0.3, -0.25) is 9.59 Å². The molecule has 0 amide bonds. The SMILES string of the molecule is CCC1CCC(=O)C(C(=O)c2nccn2C)C1. The molecule has 0 radical (unpaired) electrons. The van der Waals surface area contributed by atoms with Gasteiger partial charge >= 0.3 is 0 Å². The van der Waals surface area contributed by atoms with E-state index in [9.17, 15) is 9.59 Å². The first-order valence-electron chi connectivity index (χ1n) is 6.17. The molecule has 0 bridgehead atoms. The van der Waals surface area contributed by atoms with Gasteiger partial charge in [0.25, 0.3) is 0 Å². The fraction of sp³-hybridized carbons (Fsp3) is 0.615. The number of carbonyl (C=O) groups is 2. The fourth-order valence-corrected chi connectivity index (χ4v) is 2.49. The second-order valence-corrected chi connectivity index (χ2v) is 4.79. The zero-order valence-corrected chi connectivity index (χ0v) is 10.3. The fourth-order valence-electron chi connectivity index (χ4n) is 2.49. The van der Waals surface area contributed by atoms with Crippen LogP contribution in [0, 0.1) is 11.8 Å². The van der Waals surface area contributed by atoms with Gasteiger partial charge in [-0.2, -0.15) is 0 Å². The maximum Gasteiger partial charge on any atom is 0.208 e. The number of rotatable bonds is 3. The lowest BCUT2D eigenvalue weighted by molar-refractivity contribution is -0.123. The third-order valence-electron chi connectivity index (χ3n) is 3.69. The largest absolute Gasteiger partial charge is 0.332 e. The minimum absolute atomic E-state index is 0.0858. The Bertz CT molecular complexity index is 436. The summed E-state index contributed by atoms with van der Waals surface area (Å²) in [5.74, 6) is 0.417. The molecule has 1 aromatic rings. The molecule has 1 heterocycles. The van der Waals surface area contributed by atoms with E-state index in [1.165, 1.54) is 0 Å². The van der Waals surface area contributed by atoms with Crippen molar-refractivity contribution in [3.05, 3.63) is 18.2 Å². The van der Waals surface area contributed by atoms with Crippen LogP contribution in [-0.2, 0) is 11.8 Å². The Balaban J connectivity index is 2.18. The molecule has 4 heteroatoms. The summed E-state index contributed by atoms with van der Waals surface area (Å²) in [7, 11) is 1.78. The standard InChI is InChI=1S/C13H18N2O2/c1-3-9-4-5-11(16)10(8-9)12(17)13-14-6-7-15(13)2/h6-7,9-10H,3-5,8H2,1-2H3. The van der Waals surface area contributed by atoms with Crippen molar-refractivity contribution in [2.45, 2.75) is 32.6 Å². The molecule has 17 heavy (non-hydrogen) atoms. The van der Waals surface area contributed by atoms with Crippen LogP contribution in [0.25, 0.3) is 0 Å². The van der Waals surface area contributed by atoms with Crippen molar-refractivity contribution in [3.8, 4) is 0 Å². The van der Waals surface area contributed by atoms with E-state index in [2.05, 4.69) is 11.9 Å². The number of ketones is 2. The van der Waals surface area contributed by atoms with Crippen LogP contribution in [0.1, 0.15) is 43.2 Å². The predicted octanol–water partition coefficient (Wildman–Crippen LogP) is 2.00. The van der Waals surface area contributed by atoms with Gasteiger partial charge in [0.1, 0.15) is 5.78 Å². The highest BCUT2D eigenvalue weighted by Gasteiger charge is 2.35. The molecule has 1 aliphatic rings. The monoisotopic (exact) mass is 234 g/mol. The number of carbonyl (C=O) groups excluding carboxylic acids is 2. The van der Waals surface area contributed by atoms with Crippen molar-refractivity contribution >= 4 is 11.6 Å². The van der Waals surface area contributed by atoms with Gasteiger partial charge in [-0.15, -0.1) is 0 Å². The maximum atomic E-state index is 12.2. The van der Waals surface area contributed by atoms with E-state index in [4.69, 9.17) is 0 Å². The van der Waals surface area contributed by atoms with E-state index >= 15 is 0 Å². The van der Waals surface area contributed by atoms with Crippen molar-refractivity contribution in [1.82, 2.24) is 9.55 Å². The lowest BCUT2D eigenvalue weighted by Crippen LogP contribution is -2.32. The Kier molecular flexibility index (Phi) is 3.41. The van der Waals surface area contributed by atoms with E-state index < -0.39 is 5.92 Å². The first-order chi connectivity index (χ1) is 8.13. The van der Waals surface area contributed by atoms with Gasteiger partial charge in [-0.25, -0.2) is 4.98 Å². The molecule has 0 N–H and O–H groups in total. The Morgan fingerprint density at radius 1 is 1.59 bits per heavy atom. The summed E-state index contributed by atoms with van der Waals surface area (Å²) >= 11 is 0. The second kappa shape index (κ2) is 4.82. The molecule has 2 atom stereocenters. The van der Waals surface area contributed by atoms with Gasteiger partial charge < -0.3 is 4.57 Å². The van der Waals surface area contributed by atoms with Gasteiger partial charge in [0.15, 0.2) is 5.82 Å². The number of Topliss-reactive ketones (excluding diaryl/α,β-unsaturated/α-hetero) is 2. The number of imidazole rings is 1. The van der Waals surface area contributed by atoms with Crippen LogP contribution in [0.5, 0.6) is 0 Å². The summed E-state index contributed by atoms with van der Waals surface area (Å²) in [5, 5.41) is 0. The quantitative estimate of drug-likeness (QED) is 0.593. The highest BCUT2D eigenvalue weighted by atomic mass is 16.2. The summed E-state index contributed by atoms with van der Waals surface area (Å²) in [6, 6.07) is 0. The molecule has 1 saturated carbocycles. The van der Waals surface area contributed by atoms with Crippen molar-refractivity contribution in [2.24, 2.45) is 18.9 Å². The molecule has 0 spiro atoms. The Morgan fingerprint density at radius 2 is 2.35 bits per heavy atom. The number of hydrogen-bond donors (Lipinski definition) is 0. The summed E-state index contributed by atoms with van der Waals surface area (Å²) in [4.78, 5) is 28.1. The third kappa shape index (κ3) is 2.30. The van der Waals surface area contributed by atoms with Gasteiger partial charge in [0, 0.05) is 25.9 Å². The van der Waals surface area contributed by atoms with Gasteiger partial charge in [-0.05, 0) is 18.8 Å². The molecular formula is C13H18N2O2. The van der Waals surface area contributed by atoms with Crippen LogP contribution in [0.15, 0.2) is 12.4 Å². The summed E-state index contributed by atoms with van der Waals surface area (Å²) < 4.78 is 1.69. The minimum atomic E-state index is -0.463. The number of aryl methyl sites for hydroxylation is 1. The molecule has 92 valence electrons. The normalized spacial score (nSPS) is 24.9. The molecule has 1 fully saturated rings. The molecule has 2 unspecified atom stereocenters. The smallest absolute Gasteiger partial charge is 0.208 e. The van der Waals surface area contributed by atoms with Crippen molar-refractivity contribution < 1.29 is 9.59 Å². The summed E-state index contributed by atoms with van der Waals surface area (Å²) in [6.07, 6.45) is 6.54. The zero-order chi connectivity index (χ0) is 12.4. The molecular weight excluding hydrogens is 216 g/mol. The van der Waals surface area contributed by atoms with E-state index in [0.717, 1.165) is 12.8 Å². The van der Waals surface area contributed by atoms with Crippen LogP contribution in [-0.4, -0.2) is 21.1 Å². The van der Waals surface area contributed by atoms with E-state index in [1.807, 2.05) is 0 Å². The van der Waals surface area contributed by atoms with E-state index in [0.29, 0.717) is 24.6 Å². The van der Waals surface area contributed by atoms with Crippen LogP contribution in [0.4, 0.5) is 0 Å². The van der Waals surface area contributed by atoms with E-state index in [-0.39, 0.29) is 11.6 Å². The Labute approximate surface area is 101 Å². The first kappa shape index (κ1) is 12.0. The highest BCUT2D eigenvalue weighted by Crippen LogP contribution is 2.30. The molecule has 4 nitrogen and oxygen atoms in total. The van der Waals surface area contributed by atoms with Crippen molar-refractivity contribution in [2.75, 3.05) is 0 Å². The number of aromatic nitrogens is 2. The van der Waals surface area contributed by atoms with E-state index in [1.54, 1.807) is 24.0 Å². The zero-order valence-electron chi connectivity index (χ0n) is 10.3. The summed E-state index contributed by atoms with van der Waals surface area (Å²) in [6.45, 7) is 2.11. The third-order valence-corrected chi connectivity index (χ3v) is 3.69. The highest BCUT2D eigenvalue weighted by molar-refractivity contribution is 6.09. The van der Waals surface area contributed by atoms with Crippen LogP contribution in [0.3, 0.4) is 0 Å².